The van der Waals surface area contributed by atoms with E-state index in [0.29, 0.717) is 23.0 Å². The molecule has 0 spiro atoms. The van der Waals surface area contributed by atoms with Crippen molar-refractivity contribution in [2.75, 3.05) is 19.5 Å². The minimum atomic E-state index is -0.630. The van der Waals surface area contributed by atoms with E-state index in [1.54, 1.807) is 14.2 Å². The number of benzene rings is 2. The summed E-state index contributed by atoms with van der Waals surface area (Å²) in [6.07, 6.45) is 1.50. The van der Waals surface area contributed by atoms with Gasteiger partial charge in [-0.2, -0.15) is 0 Å². The maximum absolute atomic E-state index is 13.1. The van der Waals surface area contributed by atoms with Gasteiger partial charge in [0.15, 0.2) is 17.3 Å². The molecule has 0 unspecified atom stereocenters. The van der Waals surface area contributed by atoms with Gasteiger partial charge in [-0.05, 0) is 62.1 Å². The Bertz CT molecular complexity index is 1070. The molecule has 1 N–H and O–H groups in total. The summed E-state index contributed by atoms with van der Waals surface area (Å²) in [5.41, 5.74) is 3.81. The van der Waals surface area contributed by atoms with E-state index < -0.39 is 5.41 Å². The standard InChI is InChI=1S/C23H24N2O4/c1-14-5-6-15(2)17(11-14)24-22(26)23(9-10-23)21-13-19(29-25-21)16-7-8-18(27-3)20(12-16)28-4/h5-8,11-13H,9-10H2,1-4H3,(H,24,26). The third kappa shape index (κ3) is 3.46. The van der Waals surface area contributed by atoms with Crippen LogP contribution in [0.15, 0.2) is 47.0 Å². The Labute approximate surface area is 169 Å². The van der Waals surface area contributed by atoms with Crippen LogP contribution in [-0.4, -0.2) is 25.3 Å². The number of nitrogens with zero attached hydrogens (tertiary/aromatic N) is 1. The van der Waals surface area contributed by atoms with Crippen LogP contribution >= 0.6 is 0 Å². The van der Waals surface area contributed by atoms with Crippen LogP contribution in [-0.2, 0) is 10.2 Å². The number of hydrogen-bond donors (Lipinski definition) is 1. The normalized spacial score (nSPS) is 14.3. The minimum Gasteiger partial charge on any atom is -0.493 e. The van der Waals surface area contributed by atoms with E-state index in [1.165, 1.54) is 0 Å². The van der Waals surface area contributed by atoms with E-state index in [-0.39, 0.29) is 5.91 Å². The highest BCUT2D eigenvalue weighted by Crippen LogP contribution is 2.49. The van der Waals surface area contributed by atoms with Crippen molar-refractivity contribution >= 4 is 11.6 Å². The number of methoxy groups -OCH3 is 2. The fourth-order valence-corrected chi connectivity index (χ4v) is 3.46. The van der Waals surface area contributed by atoms with Crippen LogP contribution < -0.4 is 14.8 Å². The first-order valence-electron chi connectivity index (χ1n) is 9.55. The summed E-state index contributed by atoms with van der Waals surface area (Å²) in [7, 11) is 3.18. The molecule has 150 valence electrons. The van der Waals surface area contributed by atoms with Gasteiger partial charge in [-0.3, -0.25) is 4.79 Å². The van der Waals surface area contributed by atoms with Gasteiger partial charge < -0.3 is 19.3 Å². The Morgan fingerprint density at radius 1 is 1.03 bits per heavy atom. The average molecular weight is 392 g/mol. The van der Waals surface area contributed by atoms with Gasteiger partial charge in [0, 0.05) is 17.3 Å². The van der Waals surface area contributed by atoms with E-state index >= 15 is 0 Å². The van der Waals surface area contributed by atoms with Gasteiger partial charge in [0.05, 0.1) is 25.3 Å². The minimum absolute atomic E-state index is 0.0432. The van der Waals surface area contributed by atoms with Gasteiger partial charge in [-0.25, -0.2) is 0 Å². The highest BCUT2D eigenvalue weighted by atomic mass is 16.5. The van der Waals surface area contributed by atoms with Gasteiger partial charge >= 0.3 is 0 Å². The van der Waals surface area contributed by atoms with E-state index in [1.807, 2.05) is 56.3 Å². The third-order valence-electron chi connectivity index (χ3n) is 5.49. The molecule has 1 aromatic heterocycles. The molecule has 3 aromatic rings. The molecule has 6 heteroatoms. The number of carbonyl (C=O) groups is 1. The fraction of sp³-hybridized carbons (Fsp3) is 0.304. The smallest absolute Gasteiger partial charge is 0.236 e. The van der Waals surface area contributed by atoms with E-state index in [9.17, 15) is 4.79 Å². The SMILES string of the molecule is COc1ccc(-c2cc(C3(C(=O)Nc4cc(C)ccc4C)CC3)no2)cc1OC. The van der Waals surface area contributed by atoms with Crippen molar-refractivity contribution in [2.24, 2.45) is 0 Å². The summed E-state index contributed by atoms with van der Waals surface area (Å²) in [4.78, 5) is 13.1. The molecule has 0 atom stereocenters. The second-order valence-corrected chi connectivity index (χ2v) is 7.50. The number of rotatable bonds is 6. The van der Waals surface area contributed by atoms with Crippen molar-refractivity contribution < 1.29 is 18.8 Å². The number of aryl methyl sites for hydroxylation is 2. The van der Waals surface area contributed by atoms with Crippen molar-refractivity contribution in [3.05, 3.63) is 59.3 Å². The van der Waals surface area contributed by atoms with Gasteiger partial charge in [0.2, 0.25) is 5.91 Å². The molecule has 6 nitrogen and oxygen atoms in total. The van der Waals surface area contributed by atoms with Crippen LogP contribution in [0.25, 0.3) is 11.3 Å². The monoisotopic (exact) mass is 392 g/mol. The van der Waals surface area contributed by atoms with Crippen molar-refractivity contribution in [3.63, 3.8) is 0 Å². The summed E-state index contributed by atoms with van der Waals surface area (Å²) in [5.74, 6) is 1.80. The molecule has 29 heavy (non-hydrogen) atoms. The molecule has 2 aromatic carbocycles. The number of amides is 1. The Balaban J connectivity index is 1.59. The van der Waals surface area contributed by atoms with Crippen LogP contribution in [0.2, 0.25) is 0 Å². The lowest BCUT2D eigenvalue weighted by atomic mass is 9.99. The largest absolute Gasteiger partial charge is 0.493 e. The molecule has 0 saturated heterocycles. The van der Waals surface area contributed by atoms with Crippen molar-refractivity contribution in [1.29, 1.82) is 0 Å². The van der Waals surface area contributed by atoms with Crippen LogP contribution in [0.1, 0.15) is 29.7 Å². The van der Waals surface area contributed by atoms with E-state index in [2.05, 4.69) is 10.5 Å². The number of carbonyl (C=O) groups excluding carboxylic acids is 1. The predicted molar refractivity (Wildman–Crippen MR) is 111 cm³/mol. The van der Waals surface area contributed by atoms with Gasteiger partial charge in [-0.15, -0.1) is 0 Å². The molecular formula is C23H24N2O4. The summed E-state index contributed by atoms with van der Waals surface area (Å²) in [5, 5.41) is 7.30. The zero-order valence-corrected chi connectivity index (χ0v) is 17.0. The summed E-state index contributed by atoms with van der Waals surface area (Å²) in [6, 6.07) is 13.4. The van der Waals surface area contributed by atoms with Crippen LogP contribution in [0.4, 0.5) is 5.69 Å². The van der Waals surface area contributed by atoms with Gasteiger partial charge in [-0.1, -0.05) is 17.3 Å². The van der Waals surface area contributed by atoms with E-state index in [4.69, 9.17) is 14.0 Å². The second kappa shape index (κ2) is 7.28. The first-order valence-corrected chi connectivity index (χ1v) is 9.55. The molecule has 1 heterocycles. The summed E-state index contributed by atoms with van der Waals surface area (Å²) >= 11 is 0. The second-order valence-electron chi connectivity index (χ2n) is 7.50. The molecule has 1 saturated carbocycles. The number of nitrogens with one attached hydrogen (secondary N) is 1. The van der Waals surface area contributed by atoms with Crippen LogP contribution in [0.3, 0.4) is 0 Å². The first kappa shape index (κ1) is 19.1. The number of hydrogen-bond acceptors (Lipinski definition) is 5. The fourth-order valence-electron chi connectivity index (χ4n) is 3.46. The number of ether oxygens (including phenoxy) is 2. The molecule has 0 radical (unpaired) electrons. The average Bonchev–Trinajstić information content (AvgIpc) is 3.40. The third-order valence-corrected chi connectivity index (χ3v) is 5.49. The highest BCUT2D eigenvalue weighted by Gasteiger charge is 2.54. The Hall–Kier alpha value is -3.28. The molecule has 0 aliphatic heterocycles. The lowest BCUT2D eigenvalue weighted by Gasteiger charge is -2.14. The molecule has 4 rings (SSSR count). The lowest BCUT2D eigenvalue weighted by molar-refractivity contribution is -0.118. The Morgan fingerprint density at radius 2 is 1.79 bits per heavy atom. The highest BCUT2D eigenvalue weighted by molar-refractivity contribution is 6.01. The van der Waals surface area contributed by atoms with Crippen LogP contribution in [0, 0.1) is 13.8 Å². The maximum Gasteiger partial charge on any atom is 0.236 e. The molecule has 1 aliphatic rings. The van der Waals surface area contributed by atoms with Crippen LogP contribution in [0.5, 0.6) is 11.5 Å². The zero-order valence-electron chi connectivity index (χ0n) is 17.0. The molecule has 1 aliphatic carbocycles. The molecule has 0 bridgehead atoms. The van der Waals surface area contributed by atoms with E-state index in [0.717, 1.165) is 35.2 Å². The molecule has 1 amide bonds. The number of aromatic nitrogens is 1. The zero-order chi connectivity index (χ0) is 20.6. The van der Waals surface area contributed by atoms with Gasteiger partial charge in [0.25, 0.3) is 0 Å². The summed E-state index contributed by atoms with van der Waals surface area (Å²) in [6.45, 7) is 3.99. The molecular weight excluding hydrogens is 368 g/mol. The quantitative estimate of drug-likeness (QED) is 0.661. The molecule has 1 fully saturated rings. The Morgan fingerprint density at radius 3 is 2.48 bits per heavy atom. The van der Waals surface area contributed by atoms with Crippen molar-refractivity contribution in [3.8, 4) is 22.8 Å². The topological polar surface area (TPSA) is 73.6 Å². The summed E-state index contributed by atoms with van der Waals surface area (Å²) < 4.78 is 16.2. The Kier molecular flexibility index (Phi) is 4.78. The predicted octanol–water partition coefficient (Wildman–Crippen LogP) is 4.65. The lowest BCUT2D eigenvalue weighted by Crippen LogP contribution is -2.28. The first-order chi connectivity index (χ1) is 14.0. The number of anilines is 1. The van der Waals surface area contributed by atoms with Crippen molar-refractivity contribution in [2.45, 2.75) is 32.1 Å². The maximum atomic E-state index is 13.1. The van der Waals surface area contributed by atoms with Gasteiger partial charge in [0.1, 0.15) is 0 Å². The van der Waals surface area contributed by atoms with Crippen molar-refractivity contribution in [1.82, 2.24) is 5.16 Å².